The summed E-state index contributed by atoms with van der Waals surface area (Å²) in [6, 6.07) is 13.7. The molecule has 1 fully saturated rings. The van der Waals surface area contributed by atoms with E-state index in [9.17, 15) is 0 Å². The highest BCUT2D eigenvalue weighted by Gasteiger charge is 2.24. The summed E-state index contributed by atoms with van der Waals surface area (Å²) in [6.07, 6.45) is 4.30. The lowest BCUT2D eigenvalue weighted by molar-refractivity contribution is 1.01. The van der Waals surface area contributed by atoms with Crippen LogP contribution >= 0.6 is 23.2 Å². The summed E-state index contributed by atoms with van der Waals surface area (Å²) in [5.74, 6) is 1.41. The quantitative estimate of drug-likeness (QED) is 0.574. The van der Waals surface area contributed by atoms with Crippen molar-refractivity contribution in [3.63, 3.8) is 0 Å². The highest BCUT2D eigenvalue weighted by atomic mass is 35.5. The van der Waals surface area contributed by atoms with Crippen molar-refractivity contribution in [3.8, 4) is 11.1 Å². The minimum Gasteiger partial charge on any atom is -0.344 e. The lowest BCUT2D eigenvalue weighted by atomic mass is 10.0. The van der Waals surface area contributed by atoms with Gasteiger partial charge in [-0.25, -0.2) is 4.98 Å². The zero-order chi connectivity index (χ0) is 16.7. The number of rotatable bonds is 4. The molecule has 1 saturated carbocycles. The van der Waals surface area contributed by atoms with Crippen molar-refractivity contribution in [1.82, 2.24) is 4.98 Å². The lowest BCUT2D eigenvalue weighted by Crippen LogP contribution is -2.01. The molecular weight excluding hydrogens is 339 g/mol. The first-order valence-corrected chi connectivity index (χ1v) is 8.67. The second kappa shape index (κ2) is 6.12. The Hall–Kier alpha value is -2.03. The number of anilines is 1. The second-order valence-electron chi connectivity index (χ2n) is 6.15. The van der Waals surface area contributed by atoms with Gasteiger partial charge >= 0.3 is 0 Å². The summed E-state index contributed by atoms with van der Waals surface area (Å²) >= 11 is 12.7. The summed E-state index contributed by atoms with van der Waals surface area (Å²) in [5, 5.41) is 6.78. The van der Waals surface area contributed by atoms with Crippen molar-refractivity contribution >= 4 is 39.8 Å². The number of allylic oxidation sites excluding steroid dienone is 1. The Labute approximate surface area is 151 Å². The molecule has 0 radical (unpaired) electrons. The maximum atomic E-state index is 6.34. The number of aromatic nitrogens is 1. The van der Waals surface area contributed by atoms with E-state index in [2.05, 4.69) is 22.9 Å². The van der Waals surface area contributed by atoms with E-state index in [0.29, 0.717) is 16.0 Å². The van der Waals surface area contributed by atoms with E-state index in [4.69, 9.17) is 23.2 Å². The molecule has 4 rings (SSSR count). The molecule has 2 aromatic carbocycles. The van der Waals surface area contributed by atoms with Crippen molar-refractivity contribution in [2.75, 3.05) is 5.32 Å². The number of fused-ring (bicyclic) bond motifs is 1. The Kier molecular flexibility index (Phi) is 3.95. The number of benzene rings is 2. The molecular formula is C20H16Cl2N2. The number of hydrogen-bond donors (Lipinski definition) is 1. The van der Waals surface area contributed by atoms with Gasteiger partial charge < -0.3 is 5.32 Å². The zero-order valence-corrected chi connectivity index (χ0v) is 14.5. The second-order valence-corrected chi connectivity index (χ2v) is 6.97. The first kappa shape index (κ1) is 15.5. The van der Waals surface area contributed by atoms with Crippen molar-refractivity contribution in [2.24, 2.45) is 5.92 Å². The highest BCUT2D eigenvalue weighted by molar-refractivity contribution is 6.39. The van der Waals surface area contributed by atoms with Gasteiger partial charge in [-0.05, 0) is 54.0 Å². The van der Waals surface area contributed by atoms with Crippen LogP contribution in [-0.2, 0) is 0 Å². The van der Waals surface area contributed by atoms with E-state index >= 15 is 0 Å². The molecule has 1 aromatic heterocycles. The standard InChI is InChI=1S/C20H16Cl2N2/c1-12(13-5-6-13)24-19-10-16-9-14(7-8-15(16)11-23-19)20-17(21)3-2-4-18(20)22/h2-4,7-11,13H,1,5-6H2,(H,23,24). The van der Waals surface area contributed by atoms with Crippen LogP contribution in [0.2, 0.25) is 10.0 Å². The molecule has 0 aliphatic heterocycles. The van der Waals surface area contributed by atoms with Gasteiger partial charge in [-0.3, -0.25) is 0 Å². The maximum Gasteiger partial charge on any atom is 0.130 e. The normalized spacial score (nSPS) is 13.9. The average molecular weight is 355 g/mol. The van der Waals surface area contributed by atoms with Crippen LogP contribution in [0.25, 0.3) is 21.9 Å². The Morgan fingerprint density at radius 3 is 2.50 bits per heavy atom. The van der Waals surface area contributed by atoms with Crippen LogP contribution in [0.5, 0.6) is 0 Å². The van der Waals surface area contributed by atoms with Crippen LogP contribution in [-0.4, -0.2) is 4.98 Å². The fourth-order valence-electron chi connectivity index (χ4n) is 2.84. The largest absolute Gasteiger partial charge is 0.344 e. The summed E-state index contributed by atoms with van der Waals surface area (Å²) < 4.78 is 0. The highest BCUT2D eigenvalue weighted by Crippen LogP contribution is 2.37. The fourth-order valence-corrected chi connectivity index (χ4v) is 3.45. The van der Waals surface area contributed by atoms with Crippen molar-refractivity contribution in [2.45, 2.75) is 12.8 Å². The van der Waals surface area contributed by atoms with Gasteiger partial charge in [0.05, 0.1) is 0 Å². The van der Waals surface area contributed by atoms with E-state index in [1.807, 2.05) is 42.6 Å². The molecule has 3 aromatic rings. The van der Waals surface area contributed by atoms with E-state index < -0.39 is 0 Å². The first-order chi connectivity index (χ1) is 11.6. The third-order valence-corrected chi connectivity index (χ3v) is 4.96. The smallest absolute Gasteiger partial charge is 0.130 e. The van der Waals surface area contributed by atoms with Crippen LogP contribution in [0, 0.1) is 5.92 Å². The Bertz CT molecular complexity index is 925. The van der Waals surface area contributed by atoms with Crippen molar-refractivity contribution in [3.05, 3.63) is 71.0 Å². The van der Waals surface area contributed by atoms with Crippen LogP contribution in [0.15, 0.2) is 60.9 Å². The predicted molar refractivity (Wildman–Crippen MR) is 103 cm³/mol. The molecule has 0 saturated heterocycles. The van der Waals surface area contributed by atoms with Gasteiger partial charge in [0.15, 0.2) is 0 Å². The van der Waals surface area contributed by atoms with Gasteiger partial charge in [0, 0.05) is 32.9 Å². The third-order valence-electron chi connectivity index (χ3n) is 4.33. The lowest BCUT2D eigenvalue weighted by Gasteiger charge is -2.11. The topological polar surface area (TPSA) is 24.9 Å². The molecule has 1 heterocycles. The maximum absolute atomic E-state index is 6.34. The first-order valence-electron chi connectivity index (χ1n) is 7.92. The third kappa shape index (κ3) is 3.00. The summed E-state index contributed by atoms with van der Waals surface area (Å²) in [4.78, 5) is 4.47. The number of halogens is 2. The summed E-state index contributed by atoms with van der Waals surface area (Å²) in [5.41, 5.74) is 2.90. The van der Waals surface area contributed by atoms with E-state index in [1.54, 1.807) is 0 Å². The fraction of sp³-hybridized carbons (Fsp3) is 0.150. The monoisotopic (exact) mass is 354 g/mol. The van der Waals surface area contributed by atoms with Gasteiger partial charge in [-0.1, -0.05) is 48.0 Å². The Morgan fingerprint density at radius 2 is 1.79 bits per heavy atom. The minimum absolute atomic E-state index is 0.593. The average Bonchev–Trinajstić information content (AvgIpc) is 3.39. The number of nitrogens with one attached hydrogen (secondary N) is 1. The number of pyridine rings is 1. The summed E-state index contributed by atoms with van der Waals surface area (Å²) in [6.45, 7) is 4.09. The molecule has 0 atom stereocenters. The van der Waals surface area contributed by atoms with E-state index in [-0.39, 0.29) is 0 Å². The zero-order valence-electron chi connectivity index (χ0n) is 13.0. The molecule has 0 bridgehead atoms. The van der Waals surface area contributed by atoms with Crippen molar-refractivity contribution < 1.29 is 0 Å². The van der Waals surface area contributed by atoms with Crippen LogP contribution < -0.4 is 5.32 Å². The van der Waals surface area contributed by atoms with Crippen molar-refractivity contribution in [1.29, 1.82) is 0 Å². The Balaban J connectivity index is 1.74. The SMILES string of the molecule is C=C(Nc1cc2cc(-c3c(Cl)cccc3Cl)ccc2cn1)C1CC1. The van der Waals surface area contributed by atoms with Gasteiger partial charge in [-0.15, -0.1) is 0 Å². The molecule has 0 amide bonds. The molecule has 120 valence electrons. The van der Waals surface area contributed by atoms with Crippen LogP contribution in [0.1, 0.15) is 12.8 Å². The number of hydrogen-bond acceptors (Lipinski definition) is 2. The van der Waals surface area contributed by atoms with Gasteiger partial charge in [0.1, 0.15) is 5.82 Å². The van der Waals surface area contributed by atoms with Crippen LogP contribution in [0.3, 0.4) is 0 Å². The minimum atomic E-state index is 0.593. The molecule has 0 spiro atoms. The molecule has 1 N–H and O–H groups in total. The van der Waals surface area contributed by atoms with E-state index in [1.165, 1.54) is 12.8 Å². The molecule has 2 nitrogen and oxygen atoms in total. The molecule has 4 heteroatoms. The molecule has 1 aliphatic carbocycles. The summed E-state index contributed by atoms with van der Waals surface area (Å²) in [7, 11) is 0. The van der Waals surface area contributed by atoms with Gasteiger partial charge in [-0.2, -0.15) is 0 Å². The molecule has 1 aliphatic rings. The van der Waals surface area contributed by atoms with Gasteiger partial charge in [0.2, 0.25) is 0 Å². The van der Waals surface area contributed by atoms with Gasteiger partial charge in [0.25, 0.3) is 0 Å². The molecule has 24 heavy (non-hydrogen) atoms. The number of nitrogens with zero attached hydrogens (tertiary/aromatic N) is 1. The van der Waals surface area contributed by atoms with E-state index in [0.717, 1.165) is 33.4 Å². The predicted octanol–water partition coefficient (Wildman–Crippen LogP) is 6.54. The van der Waals surface area contributed by atoms with Crippen LogP contribution in [0.4, 0.5) is 5.82 Å². The Morgan fingerprint density at radius 1 is 1.04 bits per heavy atom. The molecule has 0 unspecified atom stereocenters.